The van der Waals surface area contributed by atoms with Gasteiger partial charge >= 0.3 is 0 Å². The molecule has 0 aliphatic carbocycles. The van der Waals surface area contributed by atoms with Gasteiger partial charge in [-0.15, -0.1) is 11.3 Å². The van der Waals surface area contributed by atoms with E-state index in [4.69, 9.17) is 4.52 Å². The van der Waals surface area contributed by atoms with E-state index in [9.17, 15) is 0 Å². The molecule has 0 saturated carbocycles. The molecule has 2 aromatic rings. The lowest BCUT2D eigenvalue weighted by Gasteiger charge is -2.15. The predicted octanol–water partition coefficient (Wildman–Crippen LogP) is 3.32. The second-order valence-electron chi connectivity index (χ2n) is 5.10. The van der Waals surface area contributed by atoms with Crippen molar-refractivity contribution in [2.24, 2.45) is 0 Å². The summed E-state index contributed by atoms with van der Waals surface area (Å²) >= 11 is 1.87. The highest BCUT2D eigenvalue weighted by Gasteiger charge is 2.15. The van der Waals surface area contributed by atoms with Crippen molar-refractivity contribution in [1.82, 2.24) is 10.5 Å². The Morgan fingerprint density at radius 3 is 2.65 bits per heavy atom. The van der Waals surface area contributed by atoms with Crippen molar-refractivity contribution in [3.8, 4) is 0 Å². The Kier molecular flexibility index (Phi) is 3.64. The SMILES string of the molecule is CC(C)(C)c1ccc(CNCc2ccno2)s1. The number of nitrogens with one attached hydrogen (secondary N) is 1. The van der Waals surface area contributed by atoms with Gasteiger partial charge in [0.2, 0.25) is 0 Å². The number of thiophene rings is 1. The fourth-order valence-electron chi connectivity index (χ4n) is 1.52. The molecule has 17 heavy (non-hydrogen) atoms. The molecular formula is C13H18N2OS. The summed E-state index contributed by atoms with van der Waals surface area (Å²) in [5.41, 5.74) is 0.244. The topological polar surface area (TPSA) is 38.1 Å². The molecule has 1 N–H and O–H groups in total. The highest BCUT2D eigenvalue weighted by molar-refractivity contribution is 7.12. The number of rotatable bonds is 4. The first kappa shape index (κ1) is 12.3. The van der Waals surface area contributed by atoms with Crippen LogP contribution in [0.25, 0.3) is 0 Å². The first-order valence-electron chi connectivity index (χ1n) is 5.75. The minimum atomic E-state index is 0.244. The fraction of sp³-hybridized carbons (Fsp3) is 0.462. The number of hydrogen-bond acceptors (Lipinski definition) is 4. The minimum absolute atomic E-state index is 0.244. The van der Waals surface area contributed by atoms with Crippen LogP contribution in [0.15, 0.2) is 28.9 Å². The highest BCUT2D eigenvalue weighted by atomic mass is 32.1. The van der Waals surface area contributed by atoms with Gasteiger partial charge in [-0.05, 0) is 17.5 Å². The van der Waals surface area contributed by atoms with Gasteiger partial charge in [-0.1, -0.05) is 25.9 Å². The lowest BCUT2D eigenvalue weighted by Crippen LogP contribution is -2.11. The summed E-state index contributed by atoms with van der Waals surface area (Å²) in [5, 5.41) is 7.02. The molecule has 0 amide bonds. The van der Waals surface area contributed by atoms with E-state index in [0.29, 0.717) is 0 Å². The predicted molar refractivity (Wildman–Crippen MR) is 70.1 cm³/mol. The van der Waals surface area contributed by atoms with Crippen LogP contribution in [0.3, 0.4) is 0 Å². The Hall–Kier alpha value is -1.13. The molecule has 4 heteroatoms. The van der Waals surface area contributed by atoms with Crippen molar-refractivity contribution in [3.63, 3.8) is 0 Å². The van der Waals surface area contributed by atoms with E-state index in [1.807, 2.05) is 17.4 Å². The first-order valence-corrected chi connectivity index (χ1v) is 6.57. The Labute approximate surface area is 106 Å². The lowest BCUT2D eigenvalue weighted by molar-refractivity contribution is 0.373. The van der Waals surface area contributed by atoms with Gasteiger partial charge in [0.25, 0.3) is 0 Å². The fourth-order valence-corrected chi connectivity index (χ4v) is 2.55. The molecule has 0 aliphatic rings. The zero-order valence-electron chi connectivity index (χ0n) is 10.5. The molecule has 0 bridgehead atoms. The van der Waals surface area contributed by atoms with E-state index in [-0.39, 0.29) is 5.41 Å². The molecule has 2 heterocycles. The highest BCUT2D eigenvalue weighted by Crippen LogP contribution is 2.29. The zero-order valence-corrected chi connectivity index (χ0v) is 11.3. The first-order chi connectivity index (χ1) is 8.05. The second-order valence-corrected chi connectivity index (χ2v) is 6.27. The Bertz CT molecular complexity index is 454. The van der Waals surface area contributed by atoms with Gasteiger partial charge in [-0.25, -0.2) is 0 Å². The summed E-state index contributed by atoms with van der Waals surface area (Å²) in [6.07, 6.45) is 1.67. The molecule has 0 atom stereocenters. The van der Waals surface area contributed by atoms with Gasteiger partial charge in [0.15, 0.2) is 0 Å². The molecule has 0 radical (unpaired) electrons. The molecule has 3 nitrogen and oxygen atoms in total. The number of aromatic nitrogens is 1. The number of hydrogen-bond donors (Lipinski definition) is 1. The lowest BCUT2D eigenvalue weighted by atomic mass is 9.95. The molecule has 0 aliphatic heterocycles. The van der Waals surface area contributed by atoms with E-state index in [2.05, 4.69) is 43.4 Å². The van der Waals surface area contributed by atoms with Gasteiger partial charge in [0.05, 0.1) is 12.7 Å². The van der Waals surface area contributed by atoms with Gasteiger partial charge in [-0.3, -0.25) is 0 Å². The summed E-state index contributed by atoms with van der Waals surface area (Å²) in [4.78, 5) is 2.78. The van der Waals surface area contributed by atoms with Crippen molar-refractivity contribution < 1.29 is 4.52 Å². The van der Waals surface area contributed by atoms with Gasteiger partial charge < -0.3 is 9.84 Å². The normalized spacial score (nSPS) is 11.9. The molecule has 2 rings (SSSR count). The summed E-state index contributed by atoms with van der Waals surface area (Å²) in [6.45, 7) is 8.32. The van der Waals surface area contributed by atoms with Crippen LogP contribution in [0, 0.1) is 0 Å². The van der Waals surface area contributed by atoms with Crippen molar-refractivity contribution in [1.29, 1.82) is 0 Å². The van der Waals surface area contributed by atoms with Crippen LogP contribution in [0.1, 0.15) is 36.3 Å². The Balaban J connectivity index is 1.85. The van der Waals surface area contributed by atoms with Crippen molar-refractivity contribution in [2.45, 2.75) is 39.3 Å². The van der Waals surface area contributed by atoms with E-state index in [0.717, 1.165) is 18.8 Å². The number of nitrogens with zero attached hydrogens (tertiary/aromatic N) is 1. The third-order valence-corrected chi connectivity index (χ3v) is 4.00. The molecule has 92 valence electrons. The van der Waals surface area contributed by atoms with Crippen LogP contribution in [0.5, 0.6) is 0 Å². The maximum atomic E-state index is 5.02. The van der Waals surface area contributed by atoms with Crippen LogP contribution in [-0.2, 0) is 18.5 Å². The van der Waals surface area contributed by atoms with Gasteiger partial charge in [-0.2, -0.15) is 0 Å². The average Bonchev–Trinajstić information content (AvgIpc) is 2.86. The average molecular weight is 250 g/mol. The van der Waals surface area contributed by atoms with E-state index < -0.39 is 0 Å². The van der Waals surface area contributed by atoms with E-state index in [1.165, 1.54) is 9.75 Å². The largest absolute Gasteiger partial charge is 0.360 e. The molecule has 0 unspecified atom stereocenters. The van der Waals surface area contributed by atoms with Crippen LogP contribution in [0.4, 0.5) is 0 Å². The van der Waals surface area contributed by atoms with Crippen LogP contribution in [-0.4, -0.2) is 5.16 Å². The van der Waals surface area contributed by atoms with E-state index >= 15 is 0 Å². The Morgan fingerprint density at radius 2 is 2.06 bits per heavy atom. The van der Waals surface area contributed by atoms with Crippen molar-refractivity contribution >= 4 is 11.3 Å². The summed E-state index contributed by atoms with van der Waals surface area (Å²) < 4.78 is 5.02. The summed E-state index contributed by atoms with van der Waals surface area (Å²) in [5.74, 6) is 0.873. The molecule has 0 aromatic carbocycles. The van der Waals surface area contributed by atoms with Crippen LogP contribution < -0.4 is 5.32 Å². The summed E-state index contributed by atoms with van der Waals surface area (Å²) in [6, 6.07) is 6.29. The van der Waals surface area contributed by atoms with Crippen LogP contribution >= 0.6 is 11.3 Å². The molecule has 0 saturated heterocycles. The third-order valence-electron chi connectivity index (χ3n) is 2.49. The van der Waals surface area contributed by atoms with Crippen molar-refractivity contribution in [3.05, 3.63) is 39.9 Å². The van der Waals surface area contributed by atoms with Gasteiger partial charge in [0, 0.05) is 22.4 Å². The molecule has 0 spiro atoms. The second kappa shape index (κ2) is 5.02. The standard InChI is InChI=1S/C13H18N2OS/c1-13(2,3)12-5-4-11(17-12)9-14-8-10-6-7-15-16-10/h4-7,14H,8-9H2,1-3H3. The summed E-state index contributed by atoms with van der Waals surface area (Å²) in [7, 11) is 0. The maximum absolute atomic E-state index is 5.02. The monoisotopic (exact) mass is 250 g/mol. The minimum Gasteiger partial charge on any atom is -0.360 e. The molecular weight excluding hydrogens is 232 g/mol. The molecule has 0 fully saturated rings. The quantitative estimate of drug-likeness (QED) is 0.904. The Morgan fingerprint density at radius 1 is 1.24 bits per heavy atom. The zero-order chi connectivity index (χ0) is 12.3. The van der Waals surface area contributed by atoms with Gasteiger partial charge in [0.1, 0.15) is 5.76 Å². The van der Waals surface area contributed by atoms with E-state index in [1.54, 1.807) is 6.20 Å². The maximum Gasteiger partial charge on any atom is 0.150 e. The molecule has 2 aromatic heterocycles. The van der Waals surface area contributed by atoms with Crippen molar-refractivity contribution in [2.75, 3.05) is 0 Å². The smallest absolute Gasteiger partial charge is 0.150 e. The third kappa shape index (κ3) is 3.41. The van der Waals surface area contributed by atoms with Crippen LogP contribution in [0.2, 0.25) is 0 Å².